The first-order valence-corrected chi connectivity index (χ1v) is 8.67. The number of aromatic nitrogens is 6. The van der Waals surface area contributed by atoms with Crippen molar-refractivity contribution in [1.82, 2.24) is 29.4 Å². The highest BCUT2D eigenvalue weighted by molar-refractivity contribution is 6.30. The maximum absolute atomic E-state index is 5.89. The van der Waals surface area contributed by atoms with E-state index in [2.05, 4.69) is 20.2 Å². The fraction of sp³-hybridized carbons (Fsp3) is 0.0526. The van der Waals surface area contributed by atoms with Gasteiger partial charge in [-0.3, -0.25) is 0 Å². The van der Waals surface area contributed by atoms with Gasteiger partial charge in [-0.1, -0.05) is 29.8 Å². The van der Waals surface area contributed by atoms with Crippen molar-refractivity contribution >= 4 is 28.3 Å². The molecule has 0 unspecified atom stereocenters. The molecule has 0 bridgehead atoms. The van der Waals surface area contributed by atoms with Gasteiger partial charge in [0.1, 0.15) is 18.7 Å². The molecule has 27 heavy (non-hydrogen) atoms. The zero-order valence-electron chi connectivity index (χ0n) is 14.0. The quantitative estimate of drug-likeness (QED) is 0.478. The summed E-state index contributed by atoms with van der Waals surface area (Å²) in [5.74, 6) is 1.27. The summed E-state index contributed by atoms with van der Waals surface area (Å²) >= 11 is 5.89. The first kappa shape index (κ1) is 15.8. The van der Waals surface area contributed by atoms with Gasteiger partial charge < -0.3 is 4.74 Å². The van der Waals surface area contributed by atoms with Gasteiger partial charge in [0.05, 0.1) is 17.3 Å². The first-order valence-electron chi connectivity index (χ1n) is 8.30. The highest BCUT2D eigenvalue weighted by Gasteiger charge is 2.13. The molecule has 0 atom stereocenters. The Morgan fingerprint density at radius 1 is 0.963 bits per heavy atom. The molecule has 0 radical (unpaired) electrons. The predicted octanol–water partition coefficient (Wildman–Crippen LogP) is 3.70. The number of halogens is 1. The van der Waals surface area contributed by atoms with Crippen LogP contribution in [0.2, 0.25) is 5.02 Å². The van der Waals surface area contributed by atoms with Crippen molar-refractivity contribution in [3.8, 4) is 11.4 Å². The molecular weight excluding hydrogens is 364 g/mol. The van der Waals surface area contributed by atoms with Crippen molar-refractivity contribution in [1.29, 1.82) is 0 Å². The lowest BCUT2D eigenvalue weighted by molar-refractivity contribution is 0.296. The van der Waals surface area contributed by atoms with Crippen molar-refractivity contribution < 1.29 is 4.74 Å². The van der Waals surface area contributed by atoms with Crippen LogP contribution in [0.25, 0.3) is 22.4 Å². The molecule has 0 amide bonds. The molecule has 0 aliphatic rings. The van der Waals surface area contributed by atoms with Crippen LogP contribution in [0.4, 0.5) is 0 Å². The molecule has 7 nitrogen and oxygen atoms in total. The van der Waals surface area contributed by atoms with Crippen molar-refractivity contribution in [2.75, 3.05) is 0 Å². The molecule has 3 heterocycles. The van der Waals surface area contributed by atoms with Crippen molar-refractivity contribution in [2.45, 2.75) is 6.61 Å². The predicted molar refractivity (Wildman–Crippen MR) is 101 cm³/mol. The molecule has 132 valence electrons. The number of rotatable bonds is 4. The fourth-order valence-electron chi connectivity index (χ4n) is 2.86. The van der Waals surface area contributed by atoms with Crippen LogP contribution >= 0.6 is 11.6 Å². The minimum Gasteiger partial charge on any atom is -0.486 e. The molecule has 5 rings (SSSR count). The maximum atomic E-state index is 5.89. The van der Waals surface area contributed by atoms with Crippen LogP contribution in [0.15, 0.2) is 67.1 Å². The van der Waals surface area contributed by atoms with Crippen molar-refractivity contribution in [3.05, 3.63) is 78.0 Å². The standard InChI is InChI=1S/C19H13ClN6O/c20-13-6-8-15(9-7-13)27-11-17-23-19-16-10-22-26(14-4-2-1-3-5-14)18(16)21-12-25(19)24-17/h1-10,12H,11H2. The van der Waals surface area contributed by atoms with E-state index in [1.54, 1.807) is 33.9 Å². The van der Waals surface area contributed by atoms with Crippen molar-refractivity contribution in [2.24, 2.45) is 0 Å². The number of benzene rings is 2. The molecular formula is C19H13ClN6O. The van der Waals surface area contributed by atoms with Gasteiger partial charge in [-0.05, 0) is 36.4 Å². The number of nitrogens with zero attached hydrogens (tertiary/aromatic N) is 6. The van der Waals surface area contributed by atoms with Crippen LogP contribution in [0.3, 0.4) is 0 Å². The first-order chi connectivity index (χ1) is 13.3. The minimum atomic E-state index is 0.248. The molecule has 0 aliphatic carbocycles. The Labute approximate surface area is 158 Å². The van der Waals surface area contributed by atoms with Gasteiger partial charge in [0.2, 0.25) is 0 Å². The minimum absolute atomic E-state index is 0.248. The smallest absolute Gasteiger partial charge is 0.189 e. The number of ether oxygens (including phenoxy) is 1. The van der Waals surface area contributed by atoms with Crippen LogP contribution < -0.4 is 4.74 Å². The second-order valence-electron chi connectivity index (χ2n) is 5.91. The van der Waals surface area contributed by atoms with Gasteiger partial charge in [-0.2, -0.15) is 5.10 Å². The Bertz CT molecular complexity index is 1230. The molecule has 0 spiro atoms. The normalized spacial score (nSPS) is 11.3. The summed E-state index contributed by atoms with van der Waals surface area (Å²) in [5.41, 5.74) is 2.36. The van der Waals surface area contributed by atoms with E-state index in [0.29, 0.717) is 22.2 Å². The van der Waals surface area contributed by atoms with Gasteiger partial charge in [-0.15, -0.1) is 5.10 Å². The van der Waals surface area contributed by atoms with Crippen molar-refractivity contribution in [3.63, 3.8) is 0 Å². The summed E-state index contributed by atoms with van der Waals surface area (Å²) in [7, 11) is 0. The second kappa shape index (κ2) is 6.37. The Morgan fingerprint density at radius 2 is 1.78 bits per heavy atom. The molecule has 5 aromatic rings. The third-order valence-electron chi connectivity index (χ3n) is 4.13. The maximum Gasteiger partial charge on any atom is 0.189 e. The van der Waals surface area contributed by atoms with Crippen LogP contribution in [-0.2, 0) is 6.61 Å². The number of hydrogen-bond donors (Lipinski definition) is 0. The van der Waals surface area contributed by atoms with E-state index in [1.807, 2.05) is 42.5 Å². The molecule has 0 saturated heterocycles. The van der Waals surface area contributed by atoms with Crippen LogP contribution in [0.1, 0.15) is 5.82 Å². The van der Waals surface area contributed by atoms with E-state index in [4.69, 9.17) is 16.3 Å². The highest BCUT2D eigenvalue weighted by atomic mass is 35.5. The van der Waals surface area contributed by atoms with E-state index in [-0.39, 0.29) is 6.61 Å². The Morgan fingerprint density at radius 3 is 2.59 bits per heavy atom. The number of fused-ring (bicyclic) bond motifs is 3. The zero-order valence-corrected chi connectivity index (χ0v) is 14.8. The third-order valence-corrected chi connectivity index (χ3v) is 4.38. The summed E-state index contributed by atoms with van der Waals surface area (Å²) in [6.07, 6.45) is 3.39. The van der Waals surface area contributed by atoms with Gasteiger partial charge in [0, 0.05) is 5.02 Å². The van der Waals surface area contributed by atoms with E-state index >= 15 is 0 Å². The Hall–Kier alpha value is -3.45. The van der Waals surface area contributed by atoms with Gasteiger partial charge in [0.25, 0.3) is 0 Å². The lowest BCUT2D eigenvalue weighted by Crippen LogP contribution is -1.99. The monoisotopic (exact) mass is 376 g/mol. The lowest BCUT2D eigenvalue weighted by Gasteiger charge is -2.02. The topological polar surface area (TPSA) is 70.1 Å². The Balaban J connectivity index is 1.49. The van der Waals surface area contributed by atoms with E-state index in [1.165, 1.54) is 0 Å². The summed E-state index contributed by atoms with van der Waals surface area (Å²) < 4.78 is 9.15. The Kier molecular flexibility index (Phi) is 3.72. The summed E-state index contributed by atoms with van der Waals surface area (Å²) in [6, 6.07) is 17.0. The third kappa shape index (κ3) is 2.88. The summed E-state index contributed by atoms with van der Waals surface area (Å²) in [4.78, 5) is 9.08. The van der Waals surface area contributed by atoms with Crippen LogP contribution in [-0.4, -0.2) is 29.4 Å². The largest absolute Gasteiger partial charge is 0.486 e. The molecule has 3 aromatic heterocycles. The highest BCUT2D eigenvalue weighted by Crippen LogP contribution is 2.20. The lowest BCUT2D eigenvalue weighted by atomic mass is 10.3. The van der Waals surface area contributed by atoms with E-state index in [9.17, 15) is 0 Å². The SMILES string of the molecule is Clc1ccc(OCc2nc3c4cnn(-c5ccccc5)c4ncn3n2)cc1. The average molecular weight is 377 g/mol. The number of hydrogen-bond acceptors (Lipinski definition) is 5. The molecule has 8 heteroatoms. The molecule has 0 fully saturated rings. The molecule has 0 N–H and O–H groups in total. The molecule has 2 aromatic carbocycles. The summed E-state index contributed by atoms with van der Waals surface area (Å²) in [5, 5.41) is 10.4. The van der Waals surface area contributed by atoms with Gasteiger partial charge >= 0.3 is 0 Å². The molecule has 0 saturated carbocycles. The number of para-hydroxylation sites is 1. The van der Waals surface area contributed by atoms with Gasteiger partial charge in [-0.25, -0.2) is 19.2 Å². The zero-order chi connectivity index (χ0) is 18.2. The van der Waals surface area contributed by atoms with E-state index < -0.39 is 0 Å². The molecule has 0 aliphatic heterocycles. The van der Waals surface area contributed by atoms with Gasteiger partial charge in [0.15, 0.2) is 17.1 Å². The fourth-order valence-corrected chi connectivity index (χ4v) is 2.99. The average Bonchev–Trinajstić information content (AvgIpc) is 3.32. The second-order valence-corrected chi connectivity index (χ2v) is 6.35. The summed E-state index contributed by atoms with van der Waals surface area (Å²) in [6.45, 7) is 0.248. The van der Waals surface area contributed by atoms with E-state index in [0.717, 1.165) is 16.7 Å². The van der Waals surface area contributed by atoms with Crippen LogP contribution in [0, 0.1) is 0 Å². The van der Waals surface area contributed by atoms with Crippen LogP contribution in [0.5, 0.6) is 5.75 Å².